The van der Waals surface area contributed by atoms with Crippen molar-refractivity contribution in [3.63, 3.8) is 0 Å². The Bertz CT molecular complexity index is 288. The SMILES string of the molecule is CCCCCCCCCCCC[C@@H](CCCCCCCCCC)C(=O)O. The minimum Gasteiger partial charge on any atom is -0.481 e. The van der Waals surface area contributed by atoms with Crippen molar-refractivity contribution >= 4 is 5.97 Å². The second-order valence-corrected chi connectivity index (χ2v) is 8.27. The predicted molar refractivity (Wildman–Crippen MR) is 115 cm³/mol. The van der Waals surface area contributed by atoms with Crippen molar-refractivity contribution < 1.29 is 9.90 Å². The van der Waals surface area contributed by atoms with Crippen LogP contribution in [0.3, 0.4) is 0 Å². The fraction of sp³-hybridized carbons (Fsp3) is 0.958. The molecule has 0 aromatic carbocycles. The Morgan fingerprint density at radius 1 is 0.538 bits per heavy atom. The number of hydrogen-bond acceptors (Lipinski definition) is 1. The lowest BCUT2D eigenvalue weighted by Crippen LogP contribution is -2.13. The molecule has 0 amide bonds. The highest BCUT2D eigenvalue weighted by atomic mass is 16.4. The van der Waals surface area contributed by atoms with Crippen molar-refractivity contribution in [2.75, 3.05) is 0 Å². The highest BCUT2D eigenvalue weighted by Crippen LogP contribution is 2.20. The minimum absolute atomic E-state index is 0.0934. The van der Waals surface area contributed by atoms with Gasteiger partial charge in [-0.05, 0) is 12.8 Å². The maximum absolute atomic E-state index is 11.4. The molecule has 0 saturated carbocycles. The molecule has 0 rings (SSSR count). The van der Waals surface area contributed by atoms with E-state index in [4.69, 9.17) is 0 Å². The summed E-state index contributed by atoms with van der Waals surface area (Å²) in [5.41, 5.74) is 0. The lowest BCUT2D eigenvalue weighted by atomic mass is 9.94. The van der Waals surface area contributed by atoms with E-state index in [0.717, 1.165) is 25.7 Å². The zero-order valence-corrected chi connectivity index (χ0v) is 18.1. The largest absolute Gasteiger partial charge is 0.481 e. The summed E-state index contributed by atoms with van der Waals surface area (Å²) in [5.74, 6) is -0.659. The Hall–Kier alpha value is -0.530. The third-order valence-electron chi connectivity index (χ3n) is 5.66. The van der Waals surface area contributed by atoms with Crippen LogP contribution >= 0.6 is 0 Å². The number of aliphatic carboxylic acids is 1. The molecule has 0 fully saturated rings. The number of carbonyl (C=O) groups is 1. The number of carboxylic acid groups (broad SMARTS) is 1. The van der Waals surface area contributed by atoms with Crippen molar-refractivity contribution in [1.82, 2.24) is 0 Å². The van der Waals surface area contributed by atoms with Gasteiger partial charge in [0.25, 0.3) is 0 Å². The van der Waals surface area contributed by atoms with Crippen molar-refractivity contribution in [2.45, 2.75) is 142 Å². The number of hydrogen-bond donors (Lipinski definition) is 1. The first-order valence-electron chi connectivity index (χ1n) is 11.9. The fourth-order valence-electron chi connectivity index (χ4n) is 3.79. The van der Waals surface area contributed by atoms with E-state index in [-0.39, 0.29) is 5.92 Å². The van der Waals surface area contributed by atoms with Gasteiger partial charge >= 0.3 is 5.97 Å². The molecule has 0 spiro atoms. The summed E-state index contributed by atoms with van der Waals surface area (Å²) in [6.07, 6.45) is 25.3. The van der Waals surface area contributed by atoms with Crippen LogP contribution in [-0.4, -0.2) is 11.1 Å². The Morgan fingerprint density at radius 3 is 1.08 bits per heavy atom. The minimum atomic E-state index is -0.566. The summed E-state index contributed by atoms with van der Waals surface area (Å²) < 4.78 is 0. The average molecular weight is 369 g/mol. The van der Waals surface area contributed by atoms with Crippen LogP contribution in [0.15, 0.2) is 0 Å². The van der Waals surface area contributed by atoms with E-state index >= 15 is 0 Å². The van der Waals surface area contributed by atoms with Gasteiger partial charge in [0.15, 0.2) is 0 Å². The summed E-state index contributed by atoms with van der Waals surface area (Å²) in [7, 11) is 0. The van der Waals surface area contributed by atoms with Gasteiger partial charge in [0, 0.05) is 0 Å². The van der Waals surface area contributed by atoms with Gasteiger partial charge in [0.05, 0.1) is 5.92 Å². The Balaban J connectivity index is 3.46. The summed E-state index contributed by atoms with van der Waals surface area (Å²) in [6.45, 7) is 4.51. The molecule has 0 aromatic rings. The summed E-state index contributed by atoms with van der Waals surface area (Å²) in [5, 5.41) is 9.42. The van der Waals surface area contributed by atoms with Gasteiger partial charge in [0.2, 0.25) is 0 Å². The zero-order valence-electron chi connectivity index (χ0n) is 18.1. The molecule has 156 valence electrons. The van der Waals surface area contributed by atoms with Gasteiger partial charge in [-0.25, -0.2) is 0 Å². The molecule has 0 radical (unpaired) electrons. The first-order chi connectivity index (χ1) is 12.7. The van der Waals surface area contributed by atoms with Crippen molar-refractivity contribution in [3.05, 3.63) is 0 Å². The van der Waals surface area contributed by atoms with Gasteiger partial charge in [0.1, 0.15) is 0 Å². The van der Waals surface area contributed by atoms with E-state index in [2.05, 4.69) is 13.8 Å². The van der Waals surface area contributed by atoms with Crippen molar-refractivity contribution in [3.8, 4) is 0 Å². The second kappa shape index (κ2) is 20.8. The van der Waals surface area contributed by atoms with Crippen LogP contribution in [0.5, 0.6) is 0 Å². The summed E-state index contributed by atoms with van der Waals surface area (Å²) >= 11 is 0. The van der Waals surface area contributed by atoms with E-state index in [1.807, 2.05) is 0 Å². The standard InChI is InChI=1S/C24H48O2/c1-3-5-7-9-11-13-14-16-18-20-22-23(24(25)26)21-19-17-15-12-10-8-6-4-2/h23H,3-22H2,1-2H3,(H,25,26)/t23-/m1/s1. The zero-order chi connectivity index (χ0) is 19.3. The van der Waals surface area contributed by atoms with E-state index in [1.165, 1.54) is 103 Å². The van der Waals surface area contributed by atoms with Gasteiger partial charge in [-0.2, -0.15) is 0 Å². The van der Waals surface area contributed by atoms with Gasteiger partial charge in [-0.1, -0.05) is 129 Å². The molecule has 0 unspecified atom stereocenters. The second-order valence-electron chi connectivity index (χ2n) is 8.27. The topological polar surface area (TPSA) is 37.3 Å². The predicted octanol–water partition coefficient (Wildman–Crippen LogP) is 8.53. The van der Waals surface area contributed by atoms with Gasteiger partial charge in [-0.3, -0.25) is 4.79 Å². The first-order valence-corrected chi connectivity index (χ1v) is 11.9. The molecular formula is C24H48O2. The maximum atomic E-state index is 11.4. The molecule has 0 aliphatic heterocycles. The highest BCUT2D eigenvalue weighted by molar-refractivity contribution is 5.69. The van der Waals surface area contributed by atoms with Crippen molar-refractivity contribution in [2.24, 2.45) is 5.92 Å². The molecule has 0 aliphatic rings. The third-order valence-corrected chi connectivity index (χ3v) is 5.66. The number of carboxylic acids is 1. The van der Waals surface area contributed by atoms with Crippen LogP contribution in [0, 0.1) is 5.92 Å². The molecule has 0 heterocycles. The Kier molecular flexibility index (Phi) is 20.4. The van der Waals surface area contributed by atoms with Crippen LogP contribution in [0.2, 0.25) is 0 Å². The normalized spacial score (nSPS) is 12.4. The highest BCUT2D eigenvalue weighted by Gasteiger charge is 2.16. The monoisotopic (exact) mass is 368 g/mol. The molecule has 26 heavy (non-hydrogen) atoms. The Morgan fingerprint density at radius 2 is 0.808 bits per heavy atom. The summed E-state index contributed by atoms with van der Waals surface area (Å²) in [6, 6.07) is 0. The molecule has 2 heteroatoms. The van der Waals surface area contributed by atoms with Gasteiger partial charge < -0.3 is 5.11 Å². The molecule has 0 aromatic heterocycles. The smallest absolute Gasteiger partial charge is 0.306 e. The fourth-order valence-corrected chi connectivity index (χ4v) is 3.79. The first kappa shape index (κ1) is 25.5. The van der Waals surface area contributed by atoms with Crippen LogP contribution < -0.4 is 0 Å². The molecule has 1 N–H and O–H groups in total. The molecule has 2 nitrogen and oxygen atoms in total. The quantitative estimate of drug-likeness (QED) is 0.206. The Labute approximate surface area is 164 Å². The lowest BCUT2D eigenvalue weighted by Gasteiger charge is -2.12. The maximum Gasteiger partial charge on any atom is 0.306 e. The van der Waals surface area contributed by atoms with E-state index in [9.17, 15) is 9.90 Å². The number of unbranched alkanes of at least 4 members (excludes halogenated alkanes) is 16. The molecule has 0 aliphatic carbocycles. The lowest BCUT2D eigenvalue weighted by molar-refractivity contribution is -0.142. The van der Waals surface area contributed by atoms with Crippen LogP contribution in [-0.2, 0) is 4.79 Å². The van der Waals surface area contributed by atoms with Crippen LogP contribution in [0.1, 0.15) is 142 Å². The van der Waals surface area contributed by atoms with Crippen molar-refractivity contribution in [1.29, 1.82) is 0 Å². The molecule has 0 saturated heterocycles. The van der Waals surface area contributed by atoms with E-state index in [0.29, 0.717) is 0 Å². The third kappa shape index (κ3) is 18.3. The molecule has 0 bridgehead atoms. The van der Waals surface area contributed by atoms with E-state index < -0.39 is 5.97 Å². The van der Waals surface area contributed by atoms with Crippen LogP contribution in [0.25, 0.3) is 0 Å². The van der Waals surface area contributed by atoms with E-state index in [1.54, 1.807) is 0 Å². The molecular weight excluding hydrogens is 320 g/mol. The van der Waals surface area contributed by atoms with Crippen LogP contribution in [0.4, 0.5) is 0 Å². The van der Waals surface area contributed by atoms with Gasteiger partial charge in [-0.15, -0.1) is 0 Å². The average Bonchev–Trinajstić information content (AvgIpc) is 2.63. The summed E-state index contributed by atoms with van der Waals surface area (Å²) in [4.78, 5) is 11.4. The number of rotatable bonds is 21. The molecule has 1 atom stereocenters.